The highest BCUT2D eigenvalue weighted by atomic mass is 28.4. The molecule has 1 aliphatic rings. The molecule has 0 fully saturated rings. The first-order chi connectivity index (χ1) is 16.9. The van der Waals surface area contributed by atoms with Crippen LogP contribution in [0.3, 0.4) is 0 Å². The average Bonchev–Trinajstić information content (AvgIpc) is 2.78. The Hall–Kier alpha value is -2.60. The van der Waals surface area contributed by atoms with Crippen molar-refractivity contribution in [2.24, 2.45) is 11.8 Å². The molecule has 0 spiro atoms. The molecule has 36 heavy (non-hydrogen) atoms. The Morgan fingerprint density at radius 2 is 1.92 bits per heavy atom. The standard InChI is InChI=1S/C30H44O5Si/c1-9-20-33-27(31)19-13-17-25-21-23(3)22(2)14-10-11-15-24-16-12-18-26(28(24)29(32)34-25)35-36(7,8)30(4,5)6/h9-13,16,18-19,22-23,25H,1,14-15,17,20-21H2,2-8H3/b11-10+,19-13+/t22-,23+,25-/m0/s1. The van der Waals surface area contributed by atoms with Crippen molar-refractivity contribution in [3.63, 3.8) is 0 Å². The van der Waals surface area contributed by atoms with Crippen LogP contribution in [-0.4, -0.2) is 33.0 Å². The summed E-state index contributed by atoms with van der Waals surface area (Å²) >= 11 is 0. The zero-order chi connectivity index (χ0) is 26.9. The van der Waals surface area contributed by atoms with E-state index in [0.717, 1.165) is 12.0 Å². The average molecular weight is 513 g/mol. The van der Waals surface area contributed by atoms with E-state index in [0.29, 0.717) is 42.4 Å². The maximum atomic E-state index is 13.7. The third-order valence-electron chi connectivity index (χ3n) is 7.38. The van der Waals surface area contributed by atoms with Gasteiger partial charge in [-0.2, -0.15) is 0 Å². The zero-order valence-corrected chi connectivity index (χ0v) is 24.1. The minimum Gasteiger partial charge on any atom is -0.543 e. The Morgan fingerprint density at radius 3 is 2.58 bits per heavy atom. The molecule has 0 aliphatic carbocycles. The number of esters is 2. The second-order valence-corrected chi connectivity index (χ2v) is 16.1. The summed E-state index contributed by atoms with van der Waals surface area (Å²) in [6.45, 7) is 19.0. The highest BCUT2D eigenvalue weighted by Crippen LogP contribution is 2.39. The van der Waals surface area contributed by atoms with Gasteiger partial charge in [-0.1, -0.05) is 77.6 Å². The first-order valence-corrected chi connectivity index (χ1v) is 15.9. The fourth-order valence-corrected chi connectivity index (χ4v) is 4.83. The Morgan fingerprint density at radius 1 is 1.19 bits per heavy atom. The van der Waals surface area contributed by atoms with Crippen molar-refractivity contribution in [3.05, 3.63) is 66.3 Å². The number of allylic oxidation sites excluding steroid dienone is 2. The summed E-state index contributed by atoms with van der Waals surface area (Å²) < 4.78 is 17.8. The molecule has 0 radical (unpaired) electrons. The van der Waals surface area contributed by atoms with Crippen molar-refractivity contribution in [2.45, 2.75) is 84.5 Å². The number of carbonyl (C=O) groups excluding carboxylic acids is 2. The summed E-state index contributed by atoms with van der Waals surface area (Å²) in [7, 11) is -2.18. The molecule has 0 aromatic heterocycles. The first-order valence-electron chi connectivity index (χ1n) is 13.0. The number of rotatable bonds is 7. The van der Waals surface area contributed by atoms with Gasteiger partial charge in [-0.3, -0.25) is 0 Å². The van der Waals surface area contributed by atoms with Gasteiger partial charge in [-0.15, -0.1) is 0 Å². The van der Waals surface area contributed by atoms with Crippen molar-refractivity contribution < 1.29 is 23.5 Å². The predicted octanol–water partition coefficient (Wildman–Crippen LogP) is 7.44. The third-order valence-corrected chi connectivity index (χ3v) is 11.7. The molecule has 1 aromatic rings. The largest absolute Gasteiger partial charge is 0.543 e. The lowest BCUT2D eigenvalue weighted by Gasteiger charge is -2.37. The summed E-state index contributed by atoms with van der Waals surface area (Å²) in [6.07, 6.45) is 11.4. The van der Waals surface area contributed by atoms with Crippen LogP contribution in [0.25, 0.3) is 0 Å². The van der Waals surface area contributed by atoms with Crippen LogP contribution in [0, 0.1) is 11.8 Å². The summed E-state index contributed by atoms with van der Waals surface area (Å²) in [5.41, 5.74) is 1.41. The molecule has 198 valence electrons. The van der Waals surface area contributed by atoms with Gasteiger partial charge in [0.05, 0.1) is 0 Å². The SMILES string of the molecule is C=CCOC(=O)/C=C/C[C@H]1C[C@@H](C)[C@@H](C)C/C=C/Cc2cccc(O[Si](C)(C)C(C)(C)C)c2C(=O)O1. The fourth-order valence-electron chi connectivity index (χ4n) is 3.80. The van der Waals surface area contributed by atoms with E-state index in [1.807, 2.05) is 18.2 Å². The molecule has 1 aromatic carbocycles. The normalized spacial score (nSPS) is 22.5. The lowest BCUT2D eigenvalue weighted by Crippen LogP contribution is -2.44. The van der Waals surface area contributed by atoms with E-state index in [1.165, 1.54) is 12.2 Å². The van der Waals surface area contributed by atoms with Crippen molar-refractivity contribution in [2.75, 3.05) is 6.61 Å². The summed E-state index contributed by atoms with van der Waals surface area (Å²) in [5, 5.41) is -0.00990. The molecule has 0 N–H and O–H groups in total. The number of hydrogen-bond acceptors (Lipinski definition) is 5. The van der Waals surface area contributed by atoms with Gasteiger partial charge in [-0.05, 0) is 60.9 Å². The quantitative estimate of drug-likeness (QED) is 0.164. The van der Waals surface area contributed by atoms with Gasteiger partial charge >= 0.3 is 11.9 Å². The van der Waals surface area contributed by atoms with E-state index in [9.17, 15) is 9.59 Å². The molecule has 0 saturated carbocycles. The second kappa shape index (κ2) is 13.1. The van der Waals surface area contributed by atoms with Crippen LogP contribution >= 0.6 is 0 Å². The lowest BCUT2D eigenvalue weighted by atomic mass is 9.87. The van der Waals surface area contributed by atoms with Gasteiger partial charge in [0.25, 0.3) is 8.32 Å². The number of ether oxygens (including phenoxy) is 2. The van der Waals surface area contributed by atoms with E-state index in [4.69, 9.17) is 13.9 Å². The second-order valence-electron chi connectivity index (χ2n) is 11.3. The molecule has 1 heterocycles. The van der Waals surface area contributed by atoms with Crippen LogP contribution in [0.1, 0.15) is 69.8 Å². The monoisotopic (exact) mass is 512 g/mol. The molecule has 0 amide bonds. The van der Waals surface area contributed by atoms with Crippen LogP contribution in [0.5, 0.6) is 5.75 Å². The number of hydrogen-bond donors (Lipinski definition) is 0. The predicted molar refractivity (Wildman–Crippen MR) is 149 cm³/mol. The van der Waals surface area contributed by atoms with Crippen LogP contribution in [-0.2, 0) is 20.7 Å². The Balaban J connectivity index is 2.41. The van der Waals surface area contributed by atoms with E-state index in [-0.39, 0.29) is 23.7 Å². The number of benzene rings is 1. The smallest absolute Gasteiger partial charge is 0.342 e. The third kappa shape index (κ3) is 8.51. The maximum absolute atomic E-state index is 13.7. The Labute approximate surface area is 218 Å². The Bertz CT molecular complexity index is 970. The minimum absolute atomic E-state index is 0.00990. The van der Waals surface area contributed by atoms with Gasteiger partial charge in [0, 0.05) is 12.5 Å². The van der Waals surface area contributed by atoms with Crippen molar-refractivity contribution in [3.8, 4) is 5.75 Å². The van der Waals surface area contributed by atoms with E-state index < -0.39 is 14.3 Å². The molecule has 3 atom stereocenters. The highest BCUT2D eigenvalue weighted by Gasteiger charge is 2.40. The molecule has 0 bridgehead atoms. The van der Waals surface area contributed by atoms with Gasteiger partial charge in [0.1, 0.15) is 24.0 Å². The molecule has 5 nitrogen and oxygen atoms in total. The van der Waals surface area contributed by atoms with E-state index >= 15 is 0 Å². The molecule has 1 aliphatic heterocycles. The molecular weight excluding hydrogens is 468 g/mol. The van der Waals surface area contributed by atoms with E-state index in [1.54, 1.807) is 6.08 Å². The summed E-state index contributed by atoms with van der Waals surface area (Å²) in [4.78, 5) is 25.5. The molecule has 2 rings (SSSR count). The zero-order valence-electron chi connectivity index (χ0n) is 23.1. The first kappa shape index (κ1) is 29.6. The summed E-state index contributed by atoms with van der Waals surface area (Å²) in [6, 6.07) is 5.81. The van der Waals surface area contributed by atoms with Crippen molar-refractivity contribution in [1.29, 1.82) is 0 Å². The van der Waals surface area contributed by atoms with Crippen molar-refractivity contribution >= 4 is 20.3 Å². The van der Waals surface area contributed by atoms with Gasteiger partial charge < -0.3 is 13.9 Å². The van der Waals surface area contributed by atoms with Gasteiger partial charge in [-0.25, -0.2) is 9.59 Å². The molecule has 0 saturated heterocycles. The van der Waals surface area contributed by atoms with Crippen molar-refractivity contribution in [1.82, 2.24) is 0 Å². The van der Waals surface area contributed by atoms with Crippen LogP contribution in [0.4, 0.5) is 0 Å². The minimum atomic E-state index is -2.18. The van der Waals surface area contributed by atoms with Crippen LogP contribution in [0.2, 0.25) is 18.1 Å². The van der Waals surface area contributed by atoms with Gasteiger partial charge in [0.2, 0.25) is 0 Å². The Kier molecular flexibility index (Phi) is 10.8. The van der Waals surface area contributed by atoms with Gasteiger partial charge in [0.15, 0.2) is 0 Å². The number of carbonyl (C=O) groups is 2. The van der Waals surface area contributed by atoms with Crippen LogP contribution in [0.15, 0.2) is 55.2 Å². The highest BCUT2D eigenvalue weighted by molar-refractivity contribution is 6.74. The number of fused-ring (bicyclic) bond motifs is 1. The fraction of sp³-hybridized carbons (Fsp3) is 0.533. The lowest BCUT2D eigenvalue weighted by molar-refractivity contribution is -0.136. The summed E-state index contributed by atoms with van der Waals surface area (Å²) in [5.74, 6) is 0.567. The molecule has 0 unspecified atom stereocenters. The van der Waals surface area contributed by atoms with Crippen LogP contribution < -0.4 is 4.43 Å². The maximum Gasteiger partial charge on any atom is 0.342 e. The van der Waals surface area contributed by atoms with E-state index in [2.05, 4.69) is 66.4 Å². The molecule has 6 heteroatoms. The number of cyclic esters (lactones) is 1. The topological polar surface area (TPSA) is 61.8 Å². The molecular formula is C30H44O5Si.